The molecule has 294 valence electrons. The van der Waals surface area contributed by atoms with Crippen molar-refractivity contribution in [3.63, 3.8) is 0 Å². The Hall–Kier alpha value is -8.61. The molecule has 0 bridgehead atoms. The minimum absolute atomic E-state index is 0.544. The molecule has 0 aliphatic heterocycles. The molecule has 0 unspecified atom stereocenters. The Morgan fingerprint density at radius 3 is 1.29 bits per heavy atom. The molecule has 0 aliphatic carbocycles. The van der Waals surface area contributed by atoms with Crippen molar-refractivity contribution in [3.05, 3.63) is 218 Å². The molecule has 0 saturated heterocycles. The highest BCUT2D eigenvalue weighted by Gasteiger charge is 2.28. The lowest BCUT2D eigenvalue weighted by Gasteiger charge is -2.17. The molecule has 13 rings (SSSR count). The summed E-state index contributed by atoms with van der Waals surface area (Å²) in [7, 11) is 0. The van der Waals surface area contributed by atoms with Gasteiger partial charge in [0.05, 0.1) is 44.5 Å². The van der Waals surface area contributed by atoms with Crippen molar-refractivity contribution < 1.29 is 0 Å². The van der Waals surface area contributed by atoms with Gasteiger partial charge in [-0.15, -0.1) is 0 Å². The maximum Gasteiger partial charge on any atom is 0.238 e. The maximum atomic E-state index is 5.42. The van der Waals surface area contributed by atoms with Gasteiger partial charge in [-0.1, -0.05) is 182 Å². The van der Waals surface area contributed by atoms with Crippen LogP contribution in [0.4, 0.5) is 0 Å². The van der Waals surface area contributed by atoms with Crippen molar-refractivity contribution in [1.29, 1.82) is 0 Å². The zero-order valence-electron chi connectivity index (χ0n) is 34.0. The molecule has 13 aromatic rings. The van der Waals surface area contributed by atoms with Crippen LogP contribution in [-0.2, 0) is 0 Å². The van der Waals surface area contributed by atoms with E-state index in [1.165, 1.54) is 10.8 Å². The topological polar surface area (TPSA) is 53.5 Å². The summed E-state index contributed by atoms with van der Waals surface area (Å²) in [5, 5.41) is 6.91. The normalized spacial score (nSPS) is 11.8. The first-order valence-electron chi connectivity index (χ1n) is 21.3. The highest BCUT2D eigenvalue weighted by atomic mass is 15.2. The van der Waals surface area contributed by atoms with Crippen molar-refractivity contribution in [1.82, 2.24) is 28.7 Å². The van der Waals surface area contributed by atoms with Gasteiger partial charge in [-0.05, 0) is 42.0 Å². The standard InChI is InChI=1S/C57H36N6/c1-4-20-37(21-5-1)40-26-10-15-31-46(40)62-49-34-18-13-29-43(49)45-36-51(61-47-32-16-11-27-41(47)42-28-12-17-33-48(42)61)52-44-30-14-19-35-50(44)63(54(52)53(45)62)57-59-55(38-22-6-2-7-23-38)58-56(60-57)39-24-8-3-9-25-39/h1-36H. The molecule has 4 heterocycles. The lowest BCUT2D eigenvalue weighted by Crippen LogP contribution is -2.07. The van der Waals surface area contributed by atoms with Gasteiger partial charge in [-0.2, -0.15) is 9.97 Å². The average molecular weight is 805 g/mol. The molecule has 6 nitrogen and oxygen atoms in total. The van der Waals surface area contributed by atoms with Crippen LogP contribution in [0.3, 0.4) is 0 Å². The average Bonchev–Trinajstić information content (AvgIpc) is 4.01. The predicted octanol–water partition coefficient (Wildman–Crippen LogP) is 14.2. The maximum absolute atomic E-state index is 5.42. The first-order chi connectivity index (χ1) is 31.3. The fourth-order valence-corrected chi connectivity index (χ4v) is 9.82. The van der Waals surface area contributed by atoms with Crippen molar-refractivity contribution >= 4 is 65.4 Å². The monoisotopic (exact) mass is 804 g/mol. The van der Waals surface area contributed by atoms with E-state index in [1.807, 2.05) is 36.4 Å². The third-order valence-corrected chi connectivity index (χ3v) is 12.5. The summed E-state index contributed by atoms with van der Waals surface area (Å²) in [5.74, 6) is 1.76. The summed E-state index contributed by atoms with van der Waals surface area (Å²) in [6, 6.07) is 77.4. The van der Waals surface area contributed by atoms with E-state index in [9.17, 15) is 0 Å². The SMILES string of the molecule is c1ccc(-c2nc(-c3ccccc3)nc(-n3c4ccccc4c4c(-n5c6ccccc6c6ccccc65)cc5c6ccccc6n(-c6ccccc6-c6ccccc6)c5c43)n2)cc1. The number of fused-ring (bicyclic) bond motifs is 10. The summed E-state index contributed by atoms with van der Waals surface area (Å²) in [4.78, 5) is 16.0. The Labute approximate surface area is 362 Å². The molecular formula is C57H36N6. The molecule has 0 atom stereocenters. The van der Waals surface area contributed by atoms with E-state index in [-0.39, 0.29) is 0 Å². The van der Waals surface area contributed by atoms with E-state index in [1.54, 1.807) is 0 Å². The summed E-state index contributed by atoms with van der Waals surface area (Å²) >= 11 is 0. The highest BCUT2D eigenvalue weighted by Crippen LogP contribution is 2.47. The number of aromatic nitrogens is 6. The van der Waals surface area contributed by atoms with Crippen LogP contribution in [0.15, 0.2) is 218 Å². The minimum atomic E-state index is 0.544. The number of benzene rings is 9. The van der Waals surface area contributed by atoms with Gasteiger partial charge in [0, 0.05) is 49.0 Å². The molecule has 0 radical (unpaired) electrons. The van der Waals surface area contributed by atoms with Gasteiger partial charge < -0.3 is 9.13 Å². The molecule has 63 heavy (non-hydrogen) atoms. The number of para-hydroxylation sites is 5. The van der Waals surface area contributed by atoms with Crippen LogP contribution < -0.4 is 0 Å². The number of nitrogens with zero attached hydrogens (tertiary/aromatic N) is 6. The Balaban J connectivity index is 1.28. The third kappa shape index (κ3) is 5.35. The molecule has 0 saturated carbocycles. The number of hydrogen-bond donors (Lipinski definition) is 0. The van der Waals surface area contributed by atoms with Crippen LogP contribution in [0.1, 0.15) is 0 Å². The van der Waals surface area contributed by atoms with Gasteiger partial charge in [0.1, 0.15) is 0 Å². The molecule has 0 N–H and O–H groups in total. The van der Waals surface area contributed by atoms with E-state index in [2.05, 4.69) is 196 Å². The van der Waals surface area contributed by atoms with Crippen LogP contribution in [0.2, 0.25) is 0 Å². The minimum Gasteiger partial charge on any atom is -0.309 e. The van der Waals surface area contributed by atoms with E-state index in [0.29, 0.717) is 17.6 Å². The molecule has 9 aromatic carbocycles. The summed E-state index contributed by atoms with van der Waals surface area (Å²) in [6.07, 6.45) is 0. The van der Waals surface area contributed by atoms with Crippen molar-refractivity contribution in [3.8, 4) is 51.2 Å². The van der Waals surface area contributed by atoms with Crippen LogP contribution in [0.25, 0.3) is 117 Å². The molecule has 0 aliphatic rings. The number of rotatable bonds is 6. The first-order valence-corrected chi connectivity index (χ1v) is 21.3. The molecule has 0 amide bonds. The lowest BCUT2D eigenvalue weighted by atomic mass is 10.0. The quantitative estimate of drug-likeness (QED) is 0.168. The van der Waals surface area contributed by atoms with Gasteiger partial charge >= 0.3 is 0 Å². The zero-order valence-corrected chi connectivity index (χ0v) is 34.0. The van der Waals surface area contributed by atoms with E-state index in [4.69, 9.17) is 15.0 Å². The van der Waals surface area contributed by atoms with Gasteiger partial charge in [0.2, 0.25) is 5.95 Å². The summed E-state index contributed by atoms with van der Waals surface area (Å²) in [6.45, 7) is 0. The summed E-state index contributed by atoms with van der Waals surface area (Å²) < 4.78 is 7.23. The van der Waals surface area contributed by atoms with Crippen LogP contribution in [0, 0.1) is 0 Å². The Morgan fingerprint density at radius 1 is 0.286 bits per heavy atom. The lowest BCUT2D eigenvalue weighted by molar-refractivity contribution is 0.953. The van der Waals surface area contributed by atoms with Crippen LogP contribution in [0.5, 0.6) is 0 Å². The van der Waals surface area contributed by atoms with Crippen molar-refractivity contribution in [2.45, 2.75) is 0 Å². The van der Waals surface area contributed by atoms with Crippen molar-refractivity contribution in [2.24, 2.45) is 0 Å². The Bertz CT molecular complexity index is 3790. The van der Waals surface area contributed by atoms with Gasteiger partial charge in [-0.3, -0.25) is 4.57 Å². The molecule has 6 heteroatoms. The Morgan fingerprint density at radius 2 is 0.714 bits per heavy atom. The van der Waals surface area contributed by atoms with Gasteiger partial charge in [0.15, 0.2) is 11.6 Å². The highest BCUT2D eigenvalue weighted by molar-refractivity contribution is 6.27. The van der Waals surface area contributed by atoms with E-state index >= 15 is 0 Å². The second-order valence-electron chi connectivity index (χ2n) is 16.0. The fraction of sp³-hybridized carbons (Fsp3) is 0. The Kier molecular flexibility index (Phi) is 7.80. The van der Waals surface area contributed by atoms with E-state index < -0.39 is 0 Å². The third-order valence-electron chi connectivity index (χ3n) is 12.5. The second-order valence-corrected chi connectivity index (χ2v) is 16.0. The smallest absolute Gasteiger partial charge is 0.238 e. The molecule has 4 aromatic heterocycles. The summed E-state index contributed by atoms with van der Waals surface area (Å²) in [5.41, 5.74) is 12.8. The first kappa shape index (κ1) is 35.2. The predicted molar refractivity (Wildman–Crippen MR) is 259 cm³/mol. The number of hydrogen-bond acceptors (Lipinski definition) is 3. The van der Waals surface area contributed by atoms with Crippen LogP contribution >= 0.6 is 0 Å². The van der Waals surface area contributed by atoms with Gasteiger partial charge in [0.25, 0.3) is 0 Å². The second kappa shape index (κ2) is 14.0. The largest absolute Gasteiger partial charge is 0.309 e. The van der Waals surface area contributed by atoms with Gasteiger partial charge in [-0.25, -0.2) is 4.98 Å². The molecule has 0 fully saturated rings. The molecule has 0 spiro atoms. The molecular weight excluding hydrogens is 769 g/mol. The van der Waals surface area contributed by atoms with Crippen molar-refractivity contribution in [2.75, 3.05) is 0 Å². The zero-order chi connectivity index (χ0) is 41.4. The van der Waals surface area contributed by atoms with E-state index in [0.717, 1.165) is 88.3 Å². The van der Waals surface area contributed by atoms with Crippen LogP contribution in [-0.4, -0.2) is 28.7 Å². The fourth-order valence-electron chi connectivity index (χ4n) is 9.82.